The maximum absolute atomic E-state index is 12.5. The van der Waals surface area contributed by atoms with E-state index in [1.165, 1.54) is 44.9 Å². The van der Waals surface area contributed by atoms with Crippen molar-refractivity contribution in [1.29, 1.82) is 0 Å². The molecule has 0 bridgehead atoms. The first-order valence-electron chi connectivity index (χ1n) is 8.54. The summed E-state index contributed by atoms with van der Waals surface area (Å²) in [5, 5.41) is 3.40. The van der Waals surface area contributed by atoms with Crippen molar-refractivity contribution in [1.82, 2.24) is 15.1 Å². The van der Waals surface area contributed by atoms with Crippen LogP contribution in [0.4, 0.5) is 0 Å². The molecule has 0 aliphatic carbocycles. The normalized spacial score (nSPS) is 22.6. The first-order valence-corrected chi connectivity index (χ1v) is 8.54. The van der Waals surface area contributed by atoms with Gasteiger partial charge in [-0.1, -0.05) is 26.2 Å². The number of carbonyl (C=O) groups is 1. The molecule has 2 aliphatic heterocycles. The van der Waals surface area contributed by atoms with Gasteiger partial charge in [-0.25, -0.2) is 0 Å². The van der Waals surface area contributed by atoms with E-state index < -0.39 is 0 Å². The second kappa shape index (κ2) is 8.63. The van der Waals surface area contributed by atoms with Gasteiger partial charge in [-0.05, 0) is 45.3 Å². The van der Waals surface area contributed by atoms with Gasteiger partial charge in [0.1, 0.15) is 0 Å². The van der Waals surface area contributed by atoms with Crippen LogP contribution in [0.2, 0.25) is 0 Å². The van der Waals surface area contributed by atoms with Crippen molar-refractivity contribution >= 4 is 5.91 Å². The molecule has 4 heteroatoms. The van der Waals surface area contributed by atoms with E-state index in [9.17, 15) is 4.79 Å². The van der Waals surface area contributed by atoms with Gasteiger partial charge in [0, 0.05) is 19.1 Å². The molecule has 0 aromatic carbocycles. The summed E-state index contributed by atoms with van der Waals surface area (Å²) in [6.45, 7) is 7.94. The number of hydrogen-bond donors (Lipinski definition) is 1. The molecule has 2 heterocycles. The Hall–Kier alpha value is -0.610. The van der Waals surface area contributed by atoms with Crippen molar-refractivity contribution in [3.05, 3.63) is 0 Å². The number of hydrogen-bond acceptors (Lipinski definition) is 3. The molecule has 2 rings (SSSR count). The van der Waals surface area contributed by atoms with E-state index in [1.807, 2.05) is 0 Å². The van der Waals surface area contributed by atoms with Gasteiger partial charge in [-0.2, -0.15) is 0 Å². The molecule has 1 N–H and O–H groups in total. The fourth-order valence-corrected chi connectivity index (χ4v) is 3.44. The third-order valence-corrected chi connectivity index (χ3v) is 4.78. The first kappa shape index (κ1) is 15.8. The number of piperidine rings is 1. The molecule has 0 spiro atoms. The molecule has 2 fully saturated rings. The summed E-state index contributed by atoms with van der Waals surface area (Å²) in [5.74, 6) is 0.354. The van der Waals surface area contributed by atoms with Gasteiger partial charge >= 0.3 is 0 Å². The van der Waals surface area contributed by atoms with Crippen LogP contribution in [0, 0.1) is 0 Å². The standard InChI is InChI=1S/C16H31N3O/c1-2-18(15-8-10-17-11-9-15)14-16(20)19-12-6-4-3-5-7-13-19/h15,17H,2-14H2,1H3. The maximum atomic E-state index is 12.5. The Morgan fingerprint density at radius 3 is 2.30 bits per heavy atom. The van der Waals surface area contributed by atoms with Crippen molar-refractivity contribution < 1.29 is 4.79 Å². The largest absolute Gasteiger partial charge is 0.342 e. The zero-order chi connectivity index (χ0) is 14.2. The van der Waals surface area contributed by atoms with Crippen LogP contribution < -0.4 is 5.32 Å². The van der Waals surface area contributed by atoms with Crippen LogP contribution in [0.3, 0.4) is 0 Å². The quantitative estimate of drug-likeness (QED) is 0.854. The van der Waals surface area contributed by atoms with Crippen LogP contribution in [-0.4, -0.2) is 61.0 Å². The molecule has 0 atom stereocenters. The number of nitrogens with zero attached hydrogens (tertiary/aromatic N) is 2. The molecule has 0 aromatic rings. The molecule has 2 saturated heterocycles. The molecule has 20 heavy (non-hydrogen) atoms. The first-order chi connectivity index (χ1) is 9.81. The smallest absolute Gasteiger partial charge is 0.236 e. The monoisotopic (exact) mass is 281 g/mol. The minimum Gasteiger partial charge on any atom is -0.342 e. The van der Waals surface area contributed by atoms with E-state index in [-0.39, 0.29) is 0 Å². The predicted molar refractivity (Wildman–Crippen MR) is 82.8 cm³/mol. The summed E-state index contributed by atoms with van der Waals surface area (Å²) < 4.78 is 0. The van der Waals surface area contributed by atoms with Crippen molar-refractivity contribution in [3.8, 4) is 0 Å². The van der Waals surface area contributed by atoms with Crippen LogP contribution in [0.25, 0.3) is 0 Å². The number of likely N-dealkylation sites (tertiary alicyclic amines) is 1. The van der Waals surface area contributed by atoms with Crippen LogP contribution in [0.15, 0.2) is 0 Å². The molecule has 116 valence electrons. The van der Waals surface area contributed by atoms with Crippen LogP contribution >= 0.6 is 0 Å². The van der Waals surface area contributed by atoms with Gasteiger partial charge in [0.2, 0.25) is 5.91 Å². The SMILES string of the molecule is CCN(CC(=O)N1CCCCCCC1)C1CCNCC1. The molecule has 0 radical (unpaired) electrons. The second-order valence-corrected chi connectivity index (χ2v) is 6.19. The van der Waals surface area contributed by atoms with Gasteiger partial charge in [-0.3, -0.25) is 9.69 Å². The van der Waals surface area contributed by atoms with Crippen molar-refractivity contribution in [2.45, 2.75) is 57.9 Å². The number of rotatable bonds is 4. The maximum Gasteiger partial charge on any atom is 0.236 e. The minimum atomic E-state index is 0.354. The van der Waals surface area contributed by atoms with Gasteiger partial charge in [-0.15, -0.1) is 0 Å². The number of nitrogens with one attached hydrogen (secondary N) is 1. The van der Waals surface area contributed by atoms with E-state index in [0.29, 0.717) is 18.5 Å². The summed E-state index contributed by atoms with van der Waals surface area (Å²) in [6, 6.07) is 0.597. The minimum absolute atomic E-state index is 0.354. The van der Waals surface area contributed by atoms with Gasteiger partial charge in [0.25, 0.3) is 0 Å². The fraction of sp³-hybridized carbons (Fsp3) is 0.938. The van der Waals surface area contributed by atoms with Gasteiger partial charge in [0.05, 0.1) is 6.54 Å². The Labute approximate surface area is 123 Å². The van der Waals surface area contributed by atoms with Gasteiger partial charge < -0.3 is 10.2 Å². The molecule has 2 aliphatic rings. The van der Waals surface area contributed by atoms with Crippen LogP contribution in [0.5, 0.6) is 0 Å². The molecule has 0 saturated carbocycles. The summed E-state index contributed by atoms with van der Waals surface area (Å²) in [5.41, 5.74) is 0. The third-order valence-electron chi connectivity index (χ3n) is 4.78. The number of amides is 1. The number of carbonyl (C=O) groups excluding carboxylic acids is 1. The third kappa shape index (κ3) is 4.74. The highest BCUT2D eigenvalue weighted by Gasteiger charge is 2.24. The Morgan fingerprint density at radius 2 is 1.70 bits per heavy atom. The Kier molecular flexibility index (Phi) is 6.80. The second-order valence-electron chi connectivity index (χ2n) is 6.19. The lowest BCUT2D eigenvalue weighted by molar-refractivity contribution is -0.133. The van der Waals surface area contributed by atoms with E-state index in [4.69, 9.17) is 0 Å². The highest BCUT2D eigenvalue weighted by molar-refractivity contribution is 5.78. The molecule has 4 nitrogen and oxygen atoms in total. The zero-order valence-corrected chi connectivity index (χ0v) is 13.1. The lowest BCUT2D eigenvalue weighted by atomic mass is 10.0. The van der Waals surface area contributed by atoms with Crippen molar-refractivity contribution in [2.24, 2.45) is 0 Å². The summed E-state index contributed by atoms with van der Waals surface area (Å²) in [6.07, 6.45) is 8.65. The molecular formula is C16H31N3O. The van der Waals surface area contributed by atoms with Gasteiger partial charge in [0.15, 0.2) is 0 Å². The summed E-state index contributed by atoms with van der Waals surface area (Å²) in [4.78, 5) is 17.0. The molecule has 1 amide bonds. The summed E-state index contributed by atoms with van der Waals surface area (Å²) >= 11 is 0. The fourth-order valence-electron chi connectivity index (χ4n) is 3.44. The Bertz CT molecular complexity index is 281. The molecule has 0 unspecified atom stereocenters. The van der Waals surface area contributed by atoms with Crippen molar-refractivity contribution in [2.75, 3.05) is 39.3 Å². The predicted octanol–water partition coefficient (Wildman–Crippen LogP) is 1.85. The summed E-state index contributed by atoms with van der Waals surface area (Å²) in [7, 11) is 0. The Balaban J connectivity index is 1.83. The molecule has 0 aromatic heterocycles. The molecular weight excluding hydrogens is 250 g/mol. The van der Waals surface area contributed by atoms with Crippen molar-refractivity contribution in [3.63, 3.8) is 0 Å². The topological polar surface area (TPSA) is 35.6 Å². The average Bonchev–Trinajstić information content (AvgIpc) is 2.45. The number of likely N-dealkylation sites (N-methyl/N-ethyl adjacent to an activating group) is 1. The van der Waals surface area contributed by atoms with E-state index >= 15 is 0 Å². The highest BCUT2D eigenvalue weighted by Crippen LogP contribution is 2.14. The lowest BCUT2D eigenvalue weighted by Gasteiger charge is -2.35. The average molecular weight is 281 g/mol. The van der Waals surface area contributed by atoms with Crippen LogP contribution in [0.1, 0.15) is 51.9 Å². The Morgan fingerprint density at radius 1 is 1.10 bits per heavy atom. The van der Waals surface area contributed by atoms with E-state index in [2.05, 4.69) is 22.0 Å². The van der Waals surface area contributed by atoms with E-state index in [1.54, 1.807) is 0 Å². The van der Waals surface area contributed by atoms with E-state index in [0.717, 1.165) is 32.7 Å². The highest BCUT2D eigenvalue weighted by atomic mass is 16.2. The lowest BCUT2D eigenvalue weighted by Crippen LogP contribution is -2.48. The zero-order valence-electron chi connectivity index (χ0n) is 13.1. The van der Waals surface area contributed by atoms with Crippen LogP contribution in [-0.2, 0) is 4.79 Å².